The van der Waals surface area contributed by atoms with Gasteiger partial charge in [-0.05, 0) is 42.5 Å². The second-order valence-electron chi connectivity index (χ2n) is 7.42. The van der Waals surface area contributed by atoms with Crippen molar-refractivity contribution in [2.75, 3.05) is 24.7 Å². The van der Waals surface area contributed by atoms with Crippen molar-refractivity contribution < 1.29 is 23.9 Å². The van der Waals surface area contributed by atoms with Crippen molar-refractivity contribution in [3.05, 3.63) is 59.7 Å². The van der Waals surface area contributed by atoms with E-state index in [1.807, 2.05) is 18.2 Å². The molecule has 2 aromatic rings. The van der Waals surface area contributed by atoms with Crippen LogP contribution < -0.4 is 15.0 Å². The molecule has 30 heavy (non-hydrogen) atoms. The van der Waals surface area contributed by atoms with Crippen LogP contribution in [0, 0.1) is 0 Å². The van der Waals surface area contributed by atoms with Crippen LogP contribution in [0.15, 0.2) is 48.5 Å². The zero-order valence-corrected chi connectivity index (χ0v) is 16.6. The van der Waals surface area contributed by atoms with Gasteiger partial charge in [0.15, 0.2) is 6.61 Å². The Morgan fingerprint density at radius 1 is 1.10 bits per heavy atom. The van der Waals surface area contributed by atoms with Crippen molar-refractivity contribution in [3.63, 3.8) is 0 Å². The summed E-state index contributed by atoms with van der Waals surface area (Å²) in [4.78, 5) is 38.4. The normalized spacial score (nSPS) is 17.8. The number of amides is 2. The molecule has 1 N–H and O–H groups in total. The van der Waals surface area contributed by atoms with Gasteiger partial charge in [0.25, 0.3) is 5.91 Å². The van der Waals surface area contributed by atoms with Crippen molar-refractivity contribution in [2.24, 2.45) is 0 Å². The van der Waals surface area contributed by atoms with Crippen LogP contribution in [0.4, 0.5) is 5.69 Å². The van der Waals surface area contributed by atoms with Crippen molar-refractivity contribution in [3.8, 4) is 5.75 Å². The highest BCUT2D eigenvalue weighted by Gasteiger charge is 2.26. The molecule has 0 fully saturated rings. The van der Waals surface area contributed by atoms with Gasteiger partial charge >= 0.3 is 5.97 Å². The molecule has 2 amide bonds. The van der Waals surface area contributed by atoms with Crippen LogP contribution in [0.25, 0.3) is 0 Å². The van der Waals surface area contributed by atoms with E-state index in [2.05, 4.69) is 11.4 Å². The van der Waals surface area contributed by atoms with Crippen LogP contribution in [0.2, 0.25) is 0 Å². The first-order valence-corrected chi connectivity index (χ1v) is 10.2. The number of carbonyl (C=O) groups is 3. The molecule has 0 unspecified atom stereocenters. The molecule has 0 spiro atoms. The maximum absolute atomic E-state index is 12.4. The number of para-hydroxylation sites is 2. The largest absolute Gasteiger partial charge is 0.491 e. The van der Waals surface area contributed by atoms with Crippen LogP contribution in [0.1, 0.15) is 36.4 Å². The summed E-state index contributed by atoms with van der Waals surface area (Å²) in [5.74, 6) is -0.666. The molecule has 4 rings (SSSR count). The first-order valence-electron chi connectivity index (χ1n) is 10.2. The zero-order valence-electron chi connectivity index (χ0n) is 16.6. The van der Waals surface area contributed by atoms with Crippen LogP contribution in [0.5, 0.6) is 5.75 Å². The molecular formula is C23H24N2O5. The lowest BCUT2D eigenvalue weighted by Gasteiger charge is -2.26. The van der Waals surface area contributed by atoms with Gasteiger partial charge in [-0.2, -0.15) is 0 Å². The number of hydrogen-bond donors (Lipinski definition) is 1. The maximum atomic E-state index is 12.4. The fraction of sp³-hybridized carbons (Fsp3) is 0.348. The summed E-state index contributed by atoms with van der Waals surface area (Å²) in [6, 6.07) is 15.0. The Balaban J connectivity index is 1.33. The number of anilines is 1. The van der Waals surface area contributed by atoms with Crippen molar-refractivity contribution in [2.45, 2.75) is 31.7 Å². The highest BCUT2D eigenvalue weighted by atomic mass is 16.5. The highest BCUT2D eigenvalue weighted by molar-refractivity contribution is 5.99. The van der Waals surface area contributed by atoms with E-state index < -0.39 is 5.97 Å². The van der Waals surface area contributed by atoms with E-state index in [4.69, 9.17) is 9.47 Å². The van der Waals surface area contributed by atoms with Gasteiger partial charge in [0, 0.05) is 0 Å². The topological polar surface area (TPSA) is 84.9 Å². The Labute approximate surface area is 175 Å². The molecule has 2 aliphatic rings. The third-order valence-corrected chi connectivity index (χ3v) is 5.39. The Kier molecular flexibility index (Phi) is 5.97. The molecule has 2 aromatic carbocycles. The third kappa shape index (κ3) is 4.45. The number of fused-ring (bicyclic) bond motifs is 2. The van der Waals surface area contributed by atoms with Gasteiger partial charge in [0.2, 0.25) is 5.91 Å². The Morgan fingerprint density at radius 2 is 1.90 bits per heavy atom. The molecule has 7 heteroatoms. The standard InChI is InChI=1S/C23H24N2O5/c26-21(24-18-9-5-7-16-6-1-2-8-17(16)18)15-30-23(28)14-25-19-10-3-4-11-20(19)29-13-12-22(25)27/h1-4,6,8,10-11,18H,5,7,9,12-15H2,(H,24,26)/t18-/m1/s1. The quantitative estimate of drug-likeness (QED) is 0.769. The SMILES string of the molecule is O=C(COC(=O)CN1C(=O)CCOc2ccccc21)N[C@@H]1CCCc2ccccc21. The van der Waals surface area contributed by atoms with E-state index >= 15 is 0 Å². The van der Waals surface area contributed by atoms with Crippen LogP contribution in [0.3, 0.4) is 0 Å². The number of aryl methyl sites for hydroxylation is 1. The molecular weight excluding hydrogens is 384 g/mol. The molecule has 0 aromatic heterocycles. The van der Waals surface area contributed by atoms with Crippen molar-refractivity contribution >= 4 is 23.5 Å². The van der Waals surface area contributed by atoms with Gasteiger partial charge < -0.3 is 14.8 Å². The fourth-order valence-electron chi connectivity index (χ4n) is 3.95. The predicted octanol–water partition coefficient (Wildman–Crippen LogP) is 2.54. The molecule has 0 radical (unpaired) electrons. The number of ether oxygens (including phenoxy) is 2. The Morgan fingerprint density at radius 3 is 2.80 bits per heavy atom. The van der Waals surface area contributed by atoms with Crippen molar-refractivity contribution in [1.82, 2.24) is 5.32 Å². The predicted molar refractivity (Wildman–Crippen MR) is 110 cm³/mol. The van der Waals surface area contributed by atoms with Crippen LogP contribution >= 0.6 is 0 Å². The van der Waals surface area contributed by atoms with Gasteiger partial charge in [-0.15, -0.1) is 0 Å². The lowest BCUT2D eigenvalue weighted by molar-refractivity contribution is -0.147. The number of hydrogen-bond acceptors (Lipinski definition) is 5. The minimum Gasteiger partial charge on any atom is -0.491 e. The van der Waals surface area contributed by atoms with Crippen LogP contribution in [-0.2, 0) is 25.5 Å². The maximum Gasteiger partial charge on any atom is 0.326 e. The van der Waals surface area contributed by atoms with Gasteiger partial charge in [-0.1, -0.05) is 36.4 Å². The molecule has 1 aliphatic carbocycles. The summed E-state index contributed by atoms with van der Waals surface area (Å²) in [5, 5.41) is 2.95. The number of nitrogens with one attached hydrogen (secondary N) is 1. The minimum absolute atomic E-state index is 0.0719. The summed E-state index contributed by atoms with van der Waals surface area (Å²) >= 11 is 0. The molecule has 156 valence electrons. The first kappa shape index (κ1) is 19.9. The Hall–Kier alpha value is -3.35. The molecule has 1 heterocycles. The second kappa shape index (κ2) is 8.98. The summed E-state index contributed by atoms with van der Waals surface area (Å²) in [6.45, 7) is -0.386. The summed E-state index contributed by atoms with van der Waals surface area (Å²) in [5.41, 5.74) is 2.89. The van der Waals surface area contributed by atoms with Gasteiger partial charge in [-0.25, -0.2) is 0 Å². The van der Waals surface area contributed by atoms with Gasteiger partial charge in [-0.3, -0.25) is 19.3 Å². The van der Waals surface area contributed by atoms with Gasteiger partial charge in [0.05, 0.1) is 24.8 Å². The minimum atomic E-state index is -0.640. The van der Waals surface area contributed by atoms with E-state index in [1.165, 1.54) is 10.5 Å². The number of carbonyl (C=O) groups excluding carboxylic acids is 3. The fourth-order valence-corrected chi connectivity index (χ4v) is 3.95. The number of nitrogens with zero attached hydrogens (tertiary/aromatic N) is 1. The second-order valence-corrected chi connectivity index (χ2v) is 7.42. The van der Waals surface area contributed by atoms with E-state index in [9.17, 15) is 14.4 Å². The van der Waals surface area contributed by atoms with E-state index in [-0.39, 0.29) is 44.0 Å². The third-order valence-electron chi connectivity index (χ3n) is 5.39. The number of rotatable bonds is 5. The molecule has 0 saturated heterocycles. The first-order chi connectivity index (χ1) is 14.6. The Bertz CT molecular complexity index is 958. The molecule has 1 atom stereocenters. The highest BCUT2D eigenvalue weighted by Crippen LogP contribution is 2.31. The number of benzene rings is 2. The van der Waals surface area contributed by atoms with E-state index in [0.717, 1.165) is 24.8 Å². The smallest absolute Gasteiger partial charge is 0.326 e. The molecule has 7 nitrogen and oxygen atoms in total. The average molecular weight is 408 g/mol. The van der Waals surface area contributed by atoms with Crippen LogP contribution in [-0.4, -0.2) is 37.5 Å². The van der Waals surface area contributed by atoms with Gasteiger partial charge in [0.1, 0.15) is 12.3 Å². The number of esters is 1. The monoisotopic (exact) mass is 408 g/mol. The van der Waals surface area contributed by atoms with E-state index in [0.29, 0.717) is 11.4 Å². The molecule has 1 aliphatic heterocycles. The molecule has 0 bridgehead atoms. The average Bonchev–Trinajstić information content (AvgIpc) is 2.91. The summed E-state index contributed by atoms with van der Waals surface area (Å²) in [7, 11) is 0. The molecule has 0 saturated carbocycles. The zero-order chi connectivity index (χ0) is 20.9. The summed E-state index contributed by atoms with van der Waals surface area (Å²) < 4.78 is 10.7. The lowest BCUT2D eigenvalue weighted by Crippen LogP contribution is -2.38. The lowest BCUT2D eigenvalue weighted by atomic mass is 9.88. The van der Waals surface area contributed by atoms with Crippen molar-refractivity contribution in [1.29, 1.82) is 0 Å². The van der Waals surface area contributed by atoms with E-state index in [1.54, 1.807) is 24.3 Å². The summed E-state index contributed by atoms with van der Waals surface area (Å²) in [6.07, 6.45) is 3.03.